The average Bonchev–Trinajstić information content (AvgIpc) is 3.16. The molecular weight excluding hydrogens is 268 g/mol. The van der Waals surface area contributed by atoms with Gasteiger partial charge >= 0.3 is 5.97 Å². The zero-order chi connectivity index (χ0) is 14.7. The van der Waals surface area contributed by atoms with Crippen LogP contribution in [0, 0.1) is 0 Å². The third-order valence-electron chi connectivity index (χ3n) is 3.83. The highest BCUT2D eigenvalue weighted by Gasteiger charge is 2.17. The van der Waals surface area contributed by atoms with Gasteiger partial charge in [0.15, 0.2) is 0 Å². The van der Waals surface area contributed by atoms with Gasteiger partial charge in [-0.05, 0) is 37.1 Å². The van der Waals surface area contributed by atoms with E-state index in [1.54, 1.807) is 18.2 Å². The summed E-state index contributed by atoms with van der Waals surface area (Å²) >= 11 is 0. The van der Waals surface area contributed by atoms with Crippen molar-refractivity contribution >= 4 is 5.97 Å². The van der Waals surface area contributed by atoms with Crippen molar-refractivity contribution in [2.24, 2.45) is 0 Å². The normalized spacial score (nSPS) is 15.2. The summed E-state index contributed by atoms with van der Waals surface area (Å²) < 4.78 is 7.65. The third kappa shape index (κ3) is 3.24. The number of benzene rings is 1. The molecule has 0 bridgehead atoms. The minimum absolute atomic E-state index is 0.226. The Morgan fingerprint density at radius 2 is 2.14 bits per heavy atom. The second kappa shape index (κ2) is 5.99. The molecule has 1 fully saturated rings. The maximum Gasteiger partial charge on any atom is 0.335 e. The van der Waals surface area contributed by atoms with Gasteiger partial charge in [0, 0.05) is 6.20 Å². The fraction of sp³-hybridized carbons (Fsp3) is 0.375. The van der Waals surface area contributed by atoms with Crippen LogP contribution in [0.25, 0.3) is 0 Å². The number of nitrogens with zero attached hydrogens (tertiary/aromatic N) is 2. The summed E-state index contributed by atoms with van der Waals surface area (Å²) in [4.78, 5) is 10.9. The summed E-state index contributed by atoms with van der Waals surface area (Å²) in [6.45, 7) is 0.350. The number of hydrogen-bond donors (Lipinski definition) is 1. The monoisotopic (exact) mass is 286 g/mol. The molecule has 1 aromatic carbocycles. The molecular formula is C16H18N2O3. The van der Waals surface area contributed by atoms with Gasteiger partial charge < -0.3 is 9.84 Å². The van der Waals surface area contributed by atoms with Gasteiger partial charge in [0.25, 0.3) is 0 Å². The Morgan fingerprint density at radius 3 is 2.90 bits per heavy atom. The van der Waals surface area contributed by atoms with E-state index in [4.69, 9.17) is 9.84 Å². The molecule has 1 aromatic heterocycles. The van der Waals surface area contributed by atoms with Crippen molar-refractivity contribution in [3.05, 3.63) is 47.8 Å². The van der Waals surface area contributed by atoms with Crippen molar-refractivity contribution in [2.75, 3.05) is 0 Å². The highest BCUT2D eigenvalue weighted by molar-refractivity contribution is 5.87. The molecule has 0 saturated heterocycles. The number of carboxylic acids is 1. The van der Waals surface area contributed by atoms with Crippen molar-refractivity contribution in [3.63, 3.8) is 0 Å². The van der Waals surface area contributed by atoms with E-state index in [9.17, 15) is 4.79 Å². The van der Waals surface area contributed by atoms with E-state index in [1.807, 2.05) is 16.9 Å². The van der Waals surface area contributed by atoms with Gasteiger partial charge in [-0.3, -0.25) is 4.68 Å². The van der Waals surface area contributed by atoms with Crippen LogP contribution in [0.4, 0.5) is 0 Å². The zero-order valence-corrected chi connectivity index (χ0v) is 11.7. The van der Waals surface area contributed by atoms with Crippen molar-refractivity contribution in [1.29, 1.82) is 0 Å². The lowest BCUT2D eigenvalue weighted by Gasteiger charge is -2.09. The molecule has 21 heavy (non-hydrogen) atoms. The largest absolute Gasteiger partial charge is 0.487 e. The number of carboxylic acid groups (broad SMARTS) is 1. The van der Waals surface area contributed by atoms with E-state index in [0.717, 1.165) is 5.69 Å². The molecule has 5 heteroatoms. The van der Waals surface area contributed by atoms with Gasteiger partial charge in [0.05, 0.1) is 17.3 Å². The predicted molar refractivity (Wildman–Crippen MR) is 77.5 cm³/mol. The lowest BCUT2D eigenvalue weighted by molar-refractivity contribution is 0.0696. The van der Waals surface area contributed by atoms with Crippen LogP contribution < -0.4 is 4.74 Å². The van der Waals surface area contributed by atoms with Crippen LogP contribution in [0.15, 0.2) is 36.5 Å². The summed E-state index contributed by atoms with van der Waals surface area (Å²) in [5.74, 6) is -0.406. The fourth-order valence-corrected chi connectivity index (χ4v) is 2.70. The summed E-state index contributed by atoms with van der Waals surface area (Å²) in [5.41, 5.74) is 1.09. The molecule has 5 nitrogen and oxygen atoms in total. The van der Waals surface area contributed by atoms with Gasteiger partial charge in [-0.25, -0.2) is 4.79 Å². The molecule has 0 radical (unpaired) electrons. The molecule has 0 spiro atoms. The molecule has 1 heterocycles. The fourth-order valence-electron chi connectivity index (χ4n) is 2.70. The number of carbonyl (C=O) groups is 1. The Bertz CT molecular complexity index is 630. The van der Waals surface area contributed by atoms with Crippen molar-refractivity contribution in [2.45, 2.75) is 38.3 Å². The lowest BCUT2D eigenvalue weighted by Crippen LogP contribution is -2.06. The van der Waals surface area contributed by atoms with Crippen LogP contribution >= 0.6 is 0 Å². The summed E-state index contributed by atoms with van der Waals surface area (Å²) in [6.07, 6.45) is 6.95. The van der Waals surface area contributed by atoms with E-state index in [0.29, 0.717) is 18.4 Å². The number of ether oxygens (including phenoxy) is 1. The maximum absolute atomic E-state index is 10.9. The molecule has 110 valence electrons. The lowest BCUT2D eigenvalue weighted by atomic mass is 10.2. The van der Waals surface area contributed by atoms with Gasteiger partial charge in [-0.15, -0.1) is 0 Å². The Kier molecular flexibility index (Phi) is 3.90. The Balaban J connectivity index is 1.62. The predicted octanol–water partition coefficient (Wildman–Crippen LogP) is 3.28. The van der Waals surface area contributed by atoms with Crippen LogP contribution in [0.1, 0.15) is 47.8 Å². The smallest absolute Gasteiger partial charge is 0.335 e. The molecule has 0 unspecified atom stereocenters. The van der Waals surface area contributed by atoms with Crippen LogP contribution in [0.3, 0.4) is 0 Å². The first kappa shape index (κ1) is 13.7. The minimum atomic E-state index is -0.953. The minimum Gasteiger partial charge on any atom is -0.487 e. The second-order valence-corrected chi connectivity index (χ2v) is 5.35. The van der Waals surface area contributed by atoms with Crippen LogP contribution in [-0.2, 0) is 6.61 Å². The third-order valence-corrected chi connectivity index (χ3v) is 3.83. The second-order valence-electron chi connectivity index (χ2n) is 5.35. The van der Waals surface area contributed by atoms with Crippen LogP contribution in [-0.4, -0.2) is 20.9 Å². The number of hydrogen-bond acceptors (Lipinski definition) is 3. The van der Waals surface area contributed by atoms with Gasteiger partial charge in [-0.1, -0.05) is 18.9 Å². The van der Waals surface area contributed by atoms with Crippen molar-refractivity contribution in [1.82, 2.24) is 9.78 Å². The quantitative estimate of drug-likeness (QED) is 0.916. The summed E-state index contributed by atoms with van der Waals surface area (Å²) in [7, 11) is 0. The van der Waals surface area contributed by atoms with E-state index in [1.165, 1.54) is 31.7 Å². The molecule has 0 aliphatic heterocycles. The summed E-state index contributed by atoms with van der Waals surface area (Å²) in [5, 5.41) is 13.5. The highest BCUT2D eigenvalue weighted by Crippen LogP contribution is 2.28. The molecule has 2 aromatic rings. The van der Waals surface area contributed by atoms with E-state index >= 15 is 0 Å². The molecule has 1 saturated carbocycles. The Labute approximate surface area is 123 Å². The SMILES string of the molecule is O=C(O)c1cccc(OCc2ccn(C3CCCC3)n2)c1. The number of aromatic nitrogens is 2. The molecule has 0 amide bonds. The average molecular weight is 286 g/mol. The first-order valence-electron chi connectivity index (χ1n) is 7.22. The van der Waals surface area contributed by atoms with Crippen LogP contribution in [0.5, 0.6) is 5.75 Å². The standard InChI is InChI=1S/C16H18N2O3/c19-16(20)12-4-3-7-15(10-12)21-11-13-8-9-18(17-13)14-5-1-2-6-14/h3-4,7-10,14H,1-2,5-6,11H2,(H,19,20). The van der Waals surface area contributed by atoms with Crippen molar-refractivity contribution in [3.8, 4) is 5.75 Å². The van der Waals surface area contributed by atoms with E-state index in [-0.39, 0.29) is 5.56 Å². The number of aromatic carboxylic acids is 1. The van der Waals surface area contributed by atoms with E-state index in [2.05, 4.69) is 5.10 Å². The molecule has 1 aliphatic carbocycles. The van der Waals surface area contributed by atoms with Gasteiger partial charge in [0.2, 0.25) is 0 Å². The highest BCUT2D eigenvalue weighted by atomic mass is 16.5. The zero-order valence-electron chi connectivity index (χ0n) is 11.7. The van der Waals surface area contributed by atoms with Crippen LogP contribution in [0.2, 0.25) is 0 Å². The van der Waals surface area contributed by atoms with Gasteiger partial charge in [0.1, 0.15) is 12.4 Å². The Morgan fingerprint density at radius 1 is 1.33 bits per heavy atom. The molecule has 1 aliphatic rings. The maximum atomic E-state index is 10.9. The Hall–Kier alpha value is -2.30. The first-order valence-corrected chi connectivity index (χ1v) is 7.22. The molecule has 3 rings (SSSR count). The molecule has 0 atom stereocenters. The van der Waals surface area contributed by atoms with E-state index < -0.39 is 5.97 Å². The van der Waals surface area contributed by atoms with Crippen molar-refractivity contribution < 1.29 is 14.6 Å². The first-order chi connectivity index (χ1) is 10.2. The number of rotatable bonds is 5. The molecule has 1 N–H and O–H groups in total. The topological polar surface area (TPSA) is 64.3 Å². The van der Waals surface area contributed by atoms with Gasteiger partial charge in [-0.2, -0.15) is 5.10 Å². The summed E-state index contributed by atoms with van der Waals surface area (Å²) in [6, 6.07) is 8.98.